The molecule has 106 valence electrons. The molecular formula is C16H26N2O. The fourth-order valence-corrected chi connectivity index (χ4v) is 1.86. The monoisotopic (exact) mass is 262 g/mol. The lowest BCUT2D eigenvalue weighted by Crippen LogP contribution is -2.33. The van der Waals surface area contributed by atoms with Crippen LogP contribution in [0.3, 0.4) is 0 Å². The number of benzene rings is 1. The molecule has 1 rings (SSSR count). The summed E-state index contributed by atoms with van der Waals surface area (Å²) in [5.41, 5.74) is 3.90. The Balaban J connectivity index is 2.63. The van der Waals surface area contributed by atoms with Crippen molar-refractivity contribution in [2.45, 2.75) is 46.6 Å². The van der Waals surface area contributed by atoms with Crippen LogP contribution < -0.4 is 10.6 Å². The number of nitrogens with one attached hydrogen (secondary N) is 2. The Morgan fingerprint density at radius 3 is 2.47 bits per heavy atom. The van der Waals surface area contributed by atoms with Gasteiger partial charge in [-0.25, -0.2) is 0 Å². The van der Waals surface area contributed by atoms with E-state index in [1.807, 2.05) is 6.92 Å². The summed E-state index contributed by atoms with van der Waals surface area (Å²) in [4.78, 5) is 11.5. The van der Waals surface area contributed by atoms with Crippen molar-refractivity contribution in [1.82, 2.24) is 10.6 Å². The maximum Gasteiger partial charge on any atom is 0.234 e. The average molecular weight is 262 g/mol. The summed E-state index contributed by atoms with van der Waals surface area (Å²) in [6.45, 7) is 12.5. The first kappa shape index (κ1) is 15.7. The highest BCUT2D eigenvalue weighted by Crippen LogP contribution is 2.24. The molecule has 0 aromatic heterocycles. The smallest absolute Gasteiger partial charge is 0.234 e. The summed E-state index contributed by atoms with van der Waals surface area (Å²) < 4.78 is 0. The van der Waals surface area contributed by atoms with Crippen LogP contribution in [0.2, 0.25) is 0 Å². The van der Waals surface area contributed by atoms with Crippen LogP contribution in [0.4, 0.5) is 0 Å². The highest BCUT2D eigenvalue weighted by atomic mass is 16.1. The molecule has 0 spiro atoms. The molecule has 1 aromatic rings. The largest absolute Gasteiger partial charge is 0.351 e. The van der Waals surface area contributed by atoms with E-state index in [9.17, 15) is 4.79 Å². The molecule has 0 unspecified atom stereocenters. The van der Waals surface area contributed by atoms with E-state index in [-0.39, 0.29) is 11.3 Å². The molecule has 1 aromatic carbocycles. The molecule has 0 atom stereocenters. The Bertz CT molecular complexity index is 433. The number of rotatable bonds is 5. The van der Waals surface area contributed by atoms with Crippen LogP contribution in [0.5, 0.6) is 0 Å². The van der Waals surface area contributed by atoms with Gasteiger partial charge in [0.2, 0.25) is 5.91 Å². The molecule has 0 saturated heterocycles. The van der Waals surface area contributed by atoms with Crippen LogP contribution in [0.15, 0.2) is 18.2 Å². The van der Waals surface area contributed by atoms with Crippen LogP contribution in [-0.2, 0) is 16.8 Å². The third-order valence-electron chi connectivity index (χ3n) is 3.22. The second kappa shape index (κ2) is 6.71. The van der Waals surface area contributed by atoms with Crippen LogP contribution >= 0.6 is 0 Å². The van der Waals surface area contributed by atoms with E-state index in [0.717, 1.165) is 6.54 Å². The first-order chi connectivity index (χ1) is 8.84. The minimum atomic E-state index is 0.0427. The van der Waals surface area contributed by atoms with Crippen LogP contribution in [0.1, 0.15) is 44.4 Å². The van der Waals surface area contributed by atoms with Gasteiger partial charge in [-0.1, -0.05) is 45.9 Å². The highest BCUT2D eigenvalue weighted by molar-refractivity contribution is 5.78. The molecule has 2 N–H and O–H groups in total. The molecule has 0 saturated carbocycles. The molecule has 0 bridgehead atoms. The quantitative estimate of drug-likeness (QED) is 0.856. The fraction of sp³-hybridized carbons (Fsp3) is 0.562. The Morgan fingerprint density at radius 1 is 1.26 bits per heavy atom. The second-order valence-corrected chi connectivity index (χ2v) is 5.95. The van der Waals surface area contributed by atoms with Crippen molar-refractivity contribution in [3.8, 4) is 0 Å². The summed E-state index contributed by atoms with van der Waals surface area (Å²) in [5.74, 6) is 0.0427. The minimum Gasteiger partial charge on any atom is -0.351 e. The van der Waals surface area contributed by atoms with E-state index in [1.54, 1.807) is 0 Å². The Labute approximate surface area is 116 Å². The second-order valence-electron chi connectivity index (χ2n) is 5.95. The van der Waals surface area contributed by atoms with E-state index < -0.39 is 0 Å². The Hall–Kier alpha value is -1.35. The fourth-order valence-electron chi connectivity index (χ4n) is 1.86. The van der Waals surface area contributed by atoms with Gasteiger partial charge in [-0.15, -0.1) is 0 Å². The predicted molar refractivity (Wildman–Crippen MR) is 80.3 cm³/mol. The van der Waals surface area contributed by atoms with Gasteiger partial charge in [0, 0.05) is 6.54 Å². The van der Waals surface area contributed by atoms with Gasteiger partial charge in [0.15, 0.2) is 0 Å². The lowest BCUT2D eigenvalue weighted by molar-refractivity contribution is -0.120. The molecule has 0 heterocycles. The van der Waals surface area contributed by atoms with Gasteiger partial charge < -0.3 is 10.6 Å². The van der Waals surface area contributed by atoms with Crippen LogP contribution in [0, 0.1) is 6.92 Å². The summed E-state index contributed by atoms with van der Waals surface area (Å²) in [6, 6.07) is 6.48. The Kier molecular flexibility index (Phi) is 5.55. The molecule has 19 heavy (non-hydrogen) atoms. The van der Waals surface area contributed by atoms with Gasteiger partial charge in [-0.05, 0) is 35.6 Å². The molecule has 3 heteroatoms. The Morgan fingerprint density at radius 2 is 1.95 bits per heavy atom. The van der Waals surface area contributed by atoms with Crippen molar-refractivity contribution >= 4 is 5.91 Å². The number of hydrogen-bond donors (Lipinski definition) is 2. The van der Waals surface area contributed by atoms with Crippen molar-refractivity contribution in [3.05, 3.63) is 34.9 Å². The predicted octanol–water partition coefficient (Wildman–Crippen LogP) is 2.52. The minimum absolute atomic E-state index is 0.0427. The molecule has 0 aliphatic heterocycles. The van der Waals surface area contributed by atoms with Gasteiger partial charge >= 0.3 is 0 Å². The zero-order valence-electron chi connectivity index (χ0n) is 12.8. The highest BCUT2D eigenvalue weighted by Gasteiger charge is 2.14. The number of likely N-dealkylation sites (N-methyl/N-ethyl adjacent to an activating group) is 1. The van der Waals surface area contributed by atoms with Crippen molar-refractivity contribution in [2.24, 2.45) is 0 Å². The van der Waals surface area contributed by atoms with Crippen molar-refractivity contribution in [2.75, 3.05) is 13.1 Å². The SMILES string of the molecule is CCNCC(=O)NCc1ccc(C(C)(C)C)cc1C. The van der Waals surface area contributed by atoms with E-state index in [1.165, 1.54) is 16.7 Å². The van der Waals surface area contributed by atoms with Crippen molar-refractivity contribution in [3.63, 3.8) is 0 Å². The number of carbonyl (C=O) groups is 1. The van der Waals surface area contributed by atoms with Gasteiger partial charge in [0.05, 0.1) is 6.54 Å². The maximum atomic E-state index is 11.5. The normalized spacial score (nSPS) is 11.4. The number of hydrogen-bond acceptors (Lipinski definition) is 2. The van der Waals surface area contributed by atoms with Crippen LogP contribution in [0.25, 0.3) is 0 Å². The maximum absolute atomic E-state index is 11.5. The topological polar surface area (TPSA) is 41.1 Å². The van der Waals surface area contributed by atoms with E-state index in [2.05, 4.69) is 56.5 Å². The molecule has 1 amide bonds. The standard InChI is InChI=1S/C16H26N2O/c1-6-17-11-15(19)18-10-13-7-8-14(9-12(13)2)16(3,4)5/h7-9,17H,6,10-11H2,1-5H3,(H,18,19). The lowest BCUT2D eigenvalue weighted by atomic mass is 9.85. The number of carbonyl (C=O) groups excluding carboxylic acids is 1. The van der Waals surface area contributed by atoms with Gasteiger partial charge in [0.25, 0.3) is 0 Å². The molecule has 0 aliphatic carbocycles. The first-order valence-corrected chi connectivity index (χ1v) is 6.92. The van der Waals surface area contributed by atoms with E-state index in [4.69, 9.17) is 0 Å². The number of amides is 1. The van der Waals surface area contributed by atoms with Gasteiger partial charge in [-0.2, -0.15) is 0 Å². The lowest BCUT2D eigenvalue weighted by Gasteiger charge is -2.20. The summed E-state index contributed by atoms with van der Waals surface area (Å²) in [6.07, 6.45) is 0. The van der Waals surface area contributed by atoms with E-state index in [0.29, 0.717) is 13.1 Å². The van der Waals surface area contributed by atoms with Crippen molar-refractivity contribution < 1.29 is 4.79 Å². The van der Waals surface area contributed by atoms with Crippen LogP contribution in [-0.4, -0.2) is 19.0 Å². The third kappa shape index (κ3) is 5.03. The molecule has 3 nitrogen and oxygen atoms in total. The summed E-state index contributed by atoms with van der Waals surface area (Å²) >= 11 is 0. The van der Waals surface area contributed by atoms with E-state index >= 15 is 0 Å². The summed E-state index contributed by atoms with van der Waals surface area (Å²) in [5, 5.41) is 5.95. The summed E-state index contributed by atoms with van der Waals surface area (Å²) in [7, 11) is 0. The zero-order chi connectivity index (χ0) is 14.5. The molecule has 0 fully saturated rings. The first-order valence-electron chi connectivity index (χ1n) is 6.92. The zero-order valence-corrected chi connectivity index (χ0v) is 12.8. The van der Waals surface area contributed by atoms with Gasteiger partial charge in [-0.3, -0.25) is 4.79 Å². The van der Waals surface area contributed by atoms with Gasteiger partial charge in [0.1, 0.15) is 0 Å². The third-order valence-corrected chi connectivity index (χ3v) is 3.22. The molecule has 0 radical (unpaired) electrons. The number of aryl methyl sites for hydroxylation is 1. The average Bonchev–Trinajstić information content (AvgIpc) is 2.33. The molecule has 0 aliphatic rings. The molecular weight excluding hydrogens is 236 g/mol. The van der Waals surface area contributed by atoms with Crippen molar-refractivity contribution in [1.29, 1.82) is 0 Å².